The molecule has 1 aromatic heterocycles. The maximum atomic E-state index is 11.6. The van der Waals surface area contributed by atoms with Crippen LogP contribution in [0.1, 0.15) is 10.4 Å². The fraction of sp³-hybridized carbons (Fsp3) is 0.333. The van der Waals surface area contributed by atoms with Gasteiger partial charge in [0.1, 0.15) is 0 Å². The summed E-state index contributed by atoms with van der Waals surface area (Å²) in [7, 11) is 0. The van der Waals surface area contributed by atoms with E-state index in [9.17, 15) is 18.0 Å². The Morgan fingerprint density at radius 2 is 2.18 bits per heavy atom. The molecule has 0 aromatic carbocycles. The molecule has 1 heterocycles. The molecular weight excluding hydrogens is 259 g/mol. The molecule has 0 aliphatic carbocycles. The number of aromatic carboxylic acids is 1. The Hall–Kier alpha value is -1.28. The summed E-state index contributed by atoms with van der Waals surface area (Å²) in [6, 6.07) is 2.77. The lowest BCUT2D eigenvalue weighted by atomic mass is 10.3. The second-order valence-electron chi connectivity index (χ2n) is 2.83. The second kappa shape index (κ2) is 5.87. The van der Waals surface area contributed by atoms with Crippen LogP contribution in [0.25, 0.3) is 0 Å². The van der Waals surface area contributed by atoms with E-state index < -0.39 is 18.9 Å². The predicted octanol–water partition coefficient (Wildman–Crippen LogP) is 2.41. The van der Waals surface area contributed by atoms with Gasteiger partial charge in [0.15, 0.2) is 0 Å². The summed E-state index contributed by atoms with van der Waals surface area (Å²) >= 11 is 1.05. The number of thioether (sulfide) groups is 1. The predicted molar refractivity (Wildman–Crippen MR) is 53.9 cm³/mol. The number of alkyl halides is 3. The van der Waals surface area contributed by atoms with Crippen LogP contribution in [0.4, 0.5) is 13.2 Å². The zero-order valence-electron chi connectivity index (χ0n) is 8.40. The number of nitrogens with zero attached hydrogens (tertiary/aromatic N) is 1. The van der Waals surface area contributed by atoms with Crippen molar-refractivity contribution in [3.05, 3.63) is 23.9 Å². The Bertz CT molecular complexity index is 380. The highest BCUT2D eigenvalue weighted by molar-refractivity contribution is 7.99. The number of carbonyl (C=O) groups is 1. The molecule has 8 heteroatoms. The molecule has 0 radical (unpaired) electrons. The Morgan fingerprint density at radius 1 is 1.47 bits per heavy atom. The van der Waals surface area contributed by atoms with E-state index in [2.05, 4.69) is 9.72 Å². The van der Waals surface area contributed by atoms with Gasteiger partial charge in [-0.05, 0) is 12.1 Å². The first-order valence-corrected chi connectivity index (χ1v) is 5.40. The van der Waals surface area contributed by atoms with Crippen LogP contribution in [0.2, 0.25) is 0 Å². The molecule has 17 heavy (non-hydrogen) atoms. The van der Waals surface area contributed by atoms with Crippen LogP contribution in [-0.2, 0) is 4.74 Å². The second-order valence-corrected chi connectivity index (χ2v) is 3.95. The van der Waals surface area contributed by atoms with E-state index in [0.29, 0.717) is 5.03 Å². The van der Waals surface area contributed by atoms with Crippen LogP contribution in [0.3, 0.4) is 0 Å². The van der Waals surface area contributed by atoms with Gasteiger partial charge in [-0.15, -0.1) is 24.9 Å². The average Bonchev–Trinajstić information content (AvgIpc) is 2.24. The molecular formula is C9H8F3NO3S. The summed E-state index contributed by atoms with van der Waals surface area (Å²) in [5.74, 6) is -1.02. The highest BCUT2D eigenvalue weighted by Crippen LogP contribution is 2.19. The maximum absolute atomic E-state index is 11.6. The Labute approximate surface area is 98.8 Å². The minimum Gasteiger partial charge on any atom is -0.478 e. The first kappa shape index (κ1) is 13.8. The number of carboxylic acids is 1. The van der Waals surface area contributed by atoms with Crippen molar-refractivity contribution in [2.75, 3.05) is 12.4 Å². The average molecular weight is 267 g/mol. The molecule has 0 spiro atoms. The summed E-state index contributed by atoms with van der Waals surface area (Å²) in [6.07, 6.45) is -3.48. The summed E-state index contributed by atoms with van der Waals surface area (Å²) in [6.45, 7) is -0.476. The number of hydrogen-bond acceptors (Lipinski definition) is 4. The van der Waals surface area contributed by atoms with Gasteiger partial charge in [0.05, 0.1) is 17.2 Å². The van der Waals surface area contributed by atoms with Gasteiger partial charge in [-0.2, -0.15) is 0 Å². The quantitative estimate of drug-likeness (QED) is 0.655. The van der Waals surface area contributed by atoms with Crippen LogP contribution in [-0.4, -0.2) is 34.8 Å². The van der Waals surface area contributed by atoms with Crippen molar-refractivity contribution in [3.8, 4) is 0 Å². The fourth-order valence-electron chi connectivity index (χ4n) is 0.896. The molecule has 1 aromatic rings. The summed E-state index contributed by atoms with van der Waals surface area (Å²) in [5.41, 5.74) is 0.0286. The number of aromatic nitrogens is 1. The van der Waals surface area contributed by atoms with Gasteiger partial charge in [0.2, 0.25) is 0 Å². The van der Waals surface area contributed by atoms with Gasteiger partial charge >= 0.3 is 12.3 Å². The third kappa shape index (κ3) is 5.55. The third-order valence-corrected chi connectivity index (χ3v) is 2.49. The van der Waals surface area contributed by atoms with Gasteiger partial charge < -0.3 is 5.11 Å². The monoisotopic (exact) mass is 267 g/mol. The van der Waals surface area contributed by atoms with Crippen molar-refractivity contribution < 1.29 is 27.8 Å². The summed E-state index contributed by atoms with van der Waals surface area (Å²) in [5, 5.41) is 9.03. The number of hydrogen-bond donors (Lipinski definition) is 1. The van der Waals surface area contributed by atoms with E-state index in [1.807, 2.05) is 0 Å². The lowest BCUT2D eigenvalue weighted by Gasteiger charge is -2.06. The lowest BCUT2D eigenvalue weighted by molar-refractivity contribution is -0.322. The van der Waals surface area contributed by atoms with E-state index in [0.717, 1.165) is 18.0 Å². The Kier molecular flexibility index (Phi) is 4.76. The number of carboxylic acid groups (broad SMARTS) is 1. The van der Waals surface area contributed by atoms with Crippen molar-refractivity contribution >= 4 is 17.7 Å². The van der Waals surface area contributed by atoms with E-state index >= 15 is 0 Å². The minimum absolute atomic E-state index is 0.0286. The first-order valence-electron chi connectivity index (χ1n) is 4.41. The Balaban J connectivity index is 2.35. The highest BCUT2D eigenvalue weighted by Gasteiger charge is 2.28. The van der Waals surface area contributed by atoms with E-state index in [-0.39, 0.29) is 11.3 Å². The van der Waals surface area contributed by atoms with Crippen LogP contribution >= 0.6 is 11.8 Å². The zero-order valence-corrected chi connectivity index (χ0v) is 9.22. The van der Waals surface area contributed by atoms with Crippen molar-refractivity contribution in [2.24, 2.45) is 0 Å². The summed E-state index contributed by atoms with van der Waals surface area (Å²) in [4.78, 5) is 14.3. The molecule has 0 atom stereocenters. The van der Waals surface area contributed by atoms with Crippen molar-refractivity contribution in [1.29, 1.82) is 0 Å². The van der Waals surface area contributed by atoms with Crippen LogP contribution in [0.5, 0.6) is 0 Å². The van der Waals surface area contributed by atoms with Crippen LogP contribution in [0.15, 0.2) is 23.4 Å². The number of halogens is 3. The maximum Gasteiger partial charge on any atom is 0.522 e. The Morgan fingerprint density at radius 3 is 2.65 bits per heavy atom. The molecule has 0 aliphatic heterocycles. The molecule has 0 fully saturated rings. The smallest absolute Gasteiger partial charge is 0.478 e. The van der Waals surface area contributed by atoms with Gasteiger partial charge in [0, 0.05) is 11.9 Å². The van der Waals surface area contributed by atoms with E-state index in [1.54, 1.807) is 0 Å². The normalized spacial score (nSPS) is 11.5. The summed E-state index contributed by atoms with van der Waals surface area (Å²) < 4.78 is 38.4. The van der Waals surface area contributed by atoms with Crippen LogP contribution < -0.4 is 0 Å². The molecule has 0 aliphatic rings. The minimum atomic E-state index is -4.62. The highest BCUT2D eigenvalue weighted by atomic mass is 32.2. The fourth-order valence-corrected chi connectivity index (χ4v) is 1.56. The molecule has 0 saturated heterocycles. The van der Waals surface area contributed by atoms with Crippen molar-refractivity contribution in [3.63, 3.8) is 0 Å². The number of pyridine rings is 1. The van der Waals surface area contributed by atoms with Gasteiger partial charge in [-0.1, -0.05) is 0 Å². The topological polar surface area (TPSA) is 59.4 Å². The molecule has 1 N–H and O–H groups in total. The first-order chi connectivity index (χ1) is 7.88. The van der Waals surface area contributed by atoms with Crippen LogP contribution in [0, 0.1) is 0 Å². The van der Waals surface area contributed by atoms with E-state index in [1.165, 1.54) is 12.1 Å². The molecule has 1 rings (SSSR count). The van der Waals surface area contributed by atoms with E-state index in [4.69, 9.17) is 5.11 Å². The third-order valence-electron chi connectivity index (χ3n) is 1.58. The molecule has 4 nitrogen and oxygen atoms in total. The molecule has 0 saturated carbocycles. The van der Waals surface area contributed by atoms with Crippen molar-refractivity contribution in [1.82, 2.24) is 4.98 Å². The van der Waals surface area contributed by atoms with Gasteiger partial charge in [-0.3, -0.25) is 4.74 Å². The molecule has 94 valence electrons. The number of ether oxygens (including phenoxy) is 1. The molecule has 0 amide bonds. The standard InChI is InChI=1S/C9H8F3NO3S/c10-9(11,12)16-3-4-17-7-2-1-6(5-13-7)8(14)15/h1-2,5H,3-4H2,(H,14,15). The lowest BCUT2D eigenvalue weighted by Crippen LogP contribution is -2.15. The van der Waals surface area contributed by atoms with Crippen molar-refractivity contribution in [2.45, 2.75) is 11.4 Å². The van der Waals surface area contributed by atoms with Gasteiger partial charge in [-0.25, -0.2) is 9.78 Å². The van der Waals surface area contributed by atoms with Gasteiger partial charge in [0.25, 0.3) is 0 Å². The molecule has 0 unspecified atom stereocenters. The SMILES string of the molecule is O=C(O)c1ccc(SCCOC(F)(F)F)nc1. The number of rotatable bonds is 5. The zero-order chi connectivity index (χ0) is 12.9. The molecule has 0 bridgehead atoms. The largest absolute Gasteiger partial charge is 0.522 e.